The second-order valence-corrected chi connectivity index (χ2v) is 7.12. The number of hydrogen-bond donors (Lipinski definition) is 1. The molecule has 0 saturated carbocycles. The van der Waals surface area contributed by atoms with E-state index in [-0.39, 0.29) is 12.3 Å². The third kappa shape index (κ3) is 4.24. The van der Waals surface area contributed by atoms with Crippen molar-refractivity contribution in [2.75, 3.05) is 0 Å². The lowest BCUT2D eigenvalue weighted by Crippen LogP contribution is -2.25. The molecule has 0 aliphatic carbocycles. The molecule has 0 radical (unpaired) electrons. The fraction of sp³-hybridized carbons (Fsp3) is 0.111. The van der Waals surface area contributed by atoms with Crippen LogP contribution < -0.4 is 4.72 Å². The van der Waals surface area contributed by atoms with Gasteiger partial charge in [-0.1, -0.05) is 36.4 Å². The fourth-order valence-electron chi connectivity index (χ4n) is 2.38. The summed E-state index contributed by atoms with van der Waals surface area (Å²) in [6.07, 6.45) is 5.07. The van der Waals surface area contributed by atoms with Gasteiger partial charge in [-0.15, -0.1) is 0 Å². The molecule has 0 unspecified atom stereocenters. The Bertz CT molecular complexity index is 898. The molecule has 0 atom stereocenters. The number of aromatic nitrogens is 2. The van der Waals surface area contributed by atoms with E-state index in [4.69, 9.17) is 0 Å². The van der Waals surface area contributed by atoms with Crippen molar-refractivity contribution in [3.8, 4) is 11.3 Å². The summed E-state index contributed by atoms with van der Waals surface area (Å²) in [4.78, 5) is 8.36. The predicted molar refractivity (Wildman–Crippen MR) is 93.4 cm³/mol. The zero-order valence-corrected chi connectivity index (χ0v) is 13.8. The molecule has 122 valence electrons. The summed E-state index contributed by atoms with van der Waals surface area (Å²) >= 11 is 0. The number of nitrogens with one attached hydrogen (secondary N) is 1. The smallest absolute Gasteiger partial charge is 0.216 e. The van der Waals surface area contributed by atoms with Gasteiger partial charge in [0.2, 0.25) is 10.0 Å². The number of hydrogen-bond acceptors (Lipinski definition) is 4. The minimum Gasteiger partial charge on any atom is -0.265 e. The van der Waals surface area contributed by atoms with Crippen LogP contribution in [0.15, 0.2) is 73.2 Å². The van der Waals surface area contributed by atoms with Crippen LogP contribution in [0.25, 0.3) is 11.3 Å². The second kappa shape index (κ2) is 7.33. The molecular weight excluding hydrogens is 322 g/mol. The van der Waals surface area contributed by atoms with Gasteiger partial charge in [-0.2, -0.15) is 0 Å². The highest BCUT2D eigenvalue weighted by Gasteiger charge is 2.13. The van der Waals surface area contributed by atoms with E-state index in [9.17, 15) is 8.42 Å². The van der Waals surface area contributed by atoms with E-state index in [0.717, 1.165) is 22.4 Å². The maximum atomic E-state index is 12.3. The van der Waals surface area contributed by atoms with Gasteiger partial charge < -0.3 is 0 Å². The summed E-state index contributed by atoms with van der Waals surface area (Å²) in [6, 6.07) is 16.5. The Morgan fingerprint density at radius 1 is 0.875 bits per heavy atom. The highest BCUT2D eigenvalue weighted by atomic mass is 32.2. The normalized spacial score (nSPS) is 11.3. The molecule has 0 saturated heterocycles. The molecule has 1 aromatic carbocycles. The van der Waals surface area contributed by atoms with Crippen LogP contribution in [-0.4, -0.2) is 18.4 Å². The molecule has 6 heteroatoms. The van der Waals surface area contributed by atoms with Crippen molar-refractivity contribution in [1.82, 2.24) is 14.7 Å². The first-order chi connectivity index (χ1) is 11.6. The van der Waals surface area contributed by atoms with Gasteiger partial charge in [0.15, 0.2) is 0 Å². The van der Waals surface area contributed by atoms with Crippen molar-refractivity contribution in [3.05, 3.63) is 84.3 Å². The number of rotatable bonds is 6. The predicted octanol–water partition coefficient (Wildman–Crippen LogP) is 2.76. The van der Waals surface area contributed by atoms with Crippen LogP contribution in [0.4, 0.5) is 0 Å². The number of pyridine rings is 2. The lowest BCUT2D eigenvalue weighted by atomic mass is 10.1. The minimum atomic E-state index is -3.42. The van der Waals surface area contributed by atoms with Crippen molar-refractivity contribution < 1.29 is 8.42 Å². The maximum absolute atomic E-state index is 12.3. The zero-order valence-electron chi connectivity index (χ0n) is 13.0. The Kier molecular flexibility index (Phi) is 4.98. The molecule has 24 heavy (non-hydrogen) atoms. The van der Waals surface area contributed by atoms with Crippen LogP contribution >= 0.6 is 0 Å². The summed E-state index contributed by atoms with van der Waals surface area (Å²) in [5, 5.41) is 0. The zero-order chi connectivity index (χ0) is 16.8. The summed E-state index contributed by atoms with van der Waals surface area (Å²) in [6.45, 7) is 0.195. The van der Waals surface area contributed by atoms with Gasteiger partial charge in [0.25, 0.3) is 0 Å². The number of sulfonamides is 1. The van der Waals surface area contributed by atoms with Crippen LogP contribution in [0, 0.1) is 0 Å². The molecule has 0 spiro atoms. The molecular formula is C18H17N3O2S. The van der Waals surface area contributed by atoms with E-state index in [0.29, 0.717) is 0 Å². The first-order valence-electron chi connectivity index (χ1n) is 7.50. The molecule has 3 aromatic rings. The Hall–Kier alpha value is -2.57. The van der Waals surface area contributed by atoms with Crippen LogP contribution in [0.2, 0.25) is 0 Å². The van der Waals surface area contributed by atoms with Crippen molar-refractivity contribution >= 4 is 10.0 Å². The van der Waals surface area contributed by atoms with Gasteiger partial charge in [0, 0.05) is 30.7 Å². The molecule has 2 aromatic heterocycles. The first-order valence-corrected chi connectivity index (χ1v) is 9.15. The van der Waals surface area contributed by atoms with Crippen molar-refractivity contribution in [2.45, 2.75) is 12.3 Å². The average Bonchev–Trinajstić information content (AvgIpc) is 2.62. The fourth-order valence-corrected chi connectivity index (χ4v) is 3.49. The molecule has 0 aliphatic heterocycles. The molecule has 5 nitrogen and oxygen atoms in total. The molecule has 0 aliphatic rings. The molecule has 3 rings (SSSR count). The minimum absolute atomic E-state index is 0.0430. The molecule has 0 fully saturated rings. The Morgan fingerprint density at radius 2 is 1.62 bits per heavy atom. The van der Waals surface area contributed by atoms with Crippen LogP contribution in [0.3, 0.4) is 0 Å². The molecule has 0 bridgehead atoms. The van der Waals surface area contributed by atoms with Gasteiger partial charge in [-0.25, -0.2) is 13.1 Å². The lowest BCUT2D eigenvalue weighted by molar-refractivity contribution is 0.580. The summed E-state index contributed by atoms with van der Waals surface area (Å²) in [7, 11) is -3.42. The second-order valence-electron chi connectivity index (χ2n) is 5.31. The number of nitrogens with zero attached hydrogens (tertiary/aromatic N) is 2. The van der Waals surface area contributed by atoms with Crippen molar-refractivity contribution in [1.29, 1.82) is 0 Å². The standard InChI is InChI=1S/C18H17N3O2S/c22-24(23,14-15-5-2-1-3-6-15)21-13-17-7-4-10-20-18(17)16-8-11-19-12-9-16/h1-12,21H,13-14H2. The largest absolute Gasteiger partial charge is 0.265 e. The quantitative estimate of drug-likeness (QED) is 0.749. The van der Waals surface area contributed by atoms with Crippen molar-refractivity contribution in [3.63, 3.8) is 0 Å². The van der Waals surface area contributed by atoms with Gasteiger partial charge in [-0.3, -0.25) is 9.97 Å². The summed E-state index contributed by atoms with van der Waals surface area (Å²) < 4.78 is 27.2. The first kappa shape index (κ1) is 16.3. The van der Waals surface area contributed by atoms with Crippen molar-refractivity contribution in [2.24, 2.45) is 0 Å². The van der Waals surface area contributed by atoms with E-state index >= 15 is 0 Å². The van der Waals surface area contributed by atoms with E-state index < -0.39 is 10.0 Å². The Balaban J connectivity index is 1.75. The molecule has 1 N–H and O–H groups in total. The van der Waals surface area contributed by atoms with E-state index in [1.54, 1.807) is 36.8 Å². The molecule has 0 amide bonds. The van der Waals surface area contributed by atoms with Crippen LogP contribution in [0.5, 0.6) is 0 Å². The van der Waals surface area contributed by atoms with E-state index in [1.807, 2.05) is 36.4 Å². The van der Waals surface area contributed by atoms with Gasteiger partial charge >= 0.3 is 0 Å². The SMILES string of the molecule is O=S(=O)(Cc1ccccc1)NCc1cccnc1-c1ccncc1. The van der Waals surface area contributed by atoms with Gasteiger partial charge in [0.05, 0.1) is 11.4 Å². The van der Waals surface area contributed by atoms with Gasteiger partial charge in [0.1, 0.15) is 0 Å². The van der Waals surface area contributed by atoms with Crippen LogP contribution in [0.1, 0.15) is 11.1 Å². The summed E-state index contributed by atoms with van der Waals surface area (Å²) in [5.74, 6) is -0.0430. The third-order valence-electron chi connectivity index (χ3n) is 3.53. The summed E-state index contributed by atoms with van der Waals surface area (Å²) in [5.41, 5.74) is 3.23. The van der Waals surface area contributed by atoms with E-state index in [1.165, 1.54) is 0 Å². The average molecular weight is 339 g/mol. The highest BCUT2D eigenvalue weighted by Crippen LogP contribution is 2.20. The Labute approximate surface area is 141 Å². The monoisotopic (exact) mass is 339 g/mol. The third-order valence-corrected chi connectivity index (χ3v) is 4.82. The number of benzene rings is 1. The lowest BCUT2D eigenvalue weighted by Gasteiger charge is -2.10. The molecule has 2 heterocycles. The Morgan fingerprint density at radius 3 is 2.38 bits per heavy atom. The topological polar surface area (TPSA) is 72.0 Å². The van der Waals surface area contributed by atoms with Crippen LogP contribution in [-0.2, 0) is 22.3 Å². The van der Waals surface area contributed by atoms with E-state index in [2.05, 4.69) is 14.7 Å². The highest BCUT2D eigenvalue weighted by molar-refractivity contribution is 7.88. The van der Waals surface area contributed by atoms with Gasteiger partial charge in [-0.05, 0) is 29.3 Å². The maximum Gasteiger partial charge on any atom is 0.216 e.